The molecule has 0 spiro atoms. The van der Waals surface area contributed by atoms with Gasteiger partial charge in [-0.3, -0.25) is 0 Å². The monoisotopic (exact) mass is 292 g/mol. The van der Waals surface area contributed by atoms with Crippen LogP contribution in [0.5, 0.6) is 0 Å². The maximum absolute atomic E-state index is 13.3. The minimum Gasteiger partial charge on any atom is -0.399 e. The molecule has 0 amide bonds. The molecule has 0 saturated carbocycles. The minimum atomic E-state index is -4.10. The van der Waals surface area contributed by atoms with Crippen LogP contribution < -0.4 is 5.46 Å². The molecule has 0 radical (unpaired) electrons. The van der Waals surface area contributed by atoms with Gasteiger partial charge in [-0.25, -0.2) is 13.8 Å². The molecule has 0 aliphatic carbocycles. The summed E-state index contributed by atoms with van der Waals surface area (Å²) in [6, 6.07) is -1.19. The smallest absolute Gasteiger partial charge is 0.399 e. The van der Waals surface area contributed by atoms with E-state index in [2.05, 4.69) is 4.98 Å². The molecular formula is C12H15BClF2NO2. The van der Waals surface area contributed by atoms with Gasteiger partial charge in [0, 0.05) is 0 Å². The van der Waals surface area contributed by atoms with Crippen LogP contribution in [0.2, 0.25) is 5.15 Å². The molecule has 1 saturated heterocycles. The van der Waals surface area contributed by atoms with Crippen LogP contribution in [0.1, 0.15) is 43.9 Å². The van der Waals surface area contributed by atoms with E-state index in [1.807, 2.05) is 0 Å². The highest BCUT2D eigenvalue weighted by Crippen LogP contribution is 2.36. The molecule has 0 unspecified atom stereocenters. The third-order valence-corrected chi connectivity index (χ3v) is 3.55. The molecule has 1 fully saturated rings. The lowest BCUT2D eigenvalue weighted by atomic mass is 9.79. The molecule has 0 atom stereocenters. The van der Waals surface area contributed by atoms with Gasteiger partial charge in [-0.05, 0) is 45.2 Å². The minimum absolute atomic E-state index is 0.249. The highest BCUT2D eigenvalue weighted by Gasteiger charge is 2.51. The Bertz CT molecular complexity index is 609. The van der Waals surface area contributed by atoms with Crippen molar-refractivity contribution in [3.63, 3.8) is 0 Å². The Morgan fingerprint density at radius 2 is 1.84 bits per heavy atom. The van der Waals surface area contributed by atoms with E-state index in [4.69, 9.17) is 25.0 Å². The first kappa shape index (κ1) is 11.0. The van der Waals surface area contributed by atoms with E-state index in [1.54, 1.807) is 27.7 Å². The van der Waals surface area contributed by atoms with Crippen LogP contribution in [0.15, 0.2) is 12.1 Å². The number of rotatable bonds is 2. The molecule has 3 nitrogen and oxygen atoms in total. The molecule has 1 aliphatic rings. The number of aromatic nitrogens is 1. The summed E-state index contributed by atoms with van der Waals surface area (Å²) in [6.45, 7) is 7.01. The number of hydrogen-bond donors (Lipinski definition) is 0. The lowest BCUT2D eigenvalue weighted by Gasteiger charge is -2.32. The van der Waals surface area contributed by atoms with Crippen molar-refractivity contribution in [3.8, 4) is 0 Å². The van der Waals surface area contributed by atoms with Crippen LogP contribution in [0.25, 0.3) is 0 Å². The quantitative estimate of drug-likeness (QED) is 0.620. The summed E-state index contributed by atoms with van der Waals surface area (Å²) < 4.78 is 60.5. The van der Waals surface area contributed by atoms with Crippen molar-refractivity contribution >= 4 is 24.2 Å². The lowest BCUT2D eigenvalue weighted by molar-refractivity contribution is 0.00578. The second-order valence-electron chi connectivity index (χ2n) is 5.26. The fourth-order valence-electron chi connectivity index (χ4n) is 1.59. The van der Waals surface area contributed by atoms with E-state index in [-0.39, 0.29) is 5.46 Å². The maximum atomic E-state index is 13.3. The van der Waals surface area contributed by atoms with Crippen molar-refractivity contribution in [1.82, 2.24) is 4.98 Å². The van der Waals surface area contributed by atoms with E-state index < -0.39 is 47.7 Å². The predicted molar refractivity (Wildman–Crippen MR) is 69.9 cm³/mol. The van der Waals surface area contributed by atoms with Gasteiger partial charge in [0.05, 0.1) is 13.9 Å². The number of nitrogens with zero attached hydrogens (tertiary/aromatic N) is 1. The molecule has 19 heavy (non-hydrogen) atoms. The second kappa shape index (κ2) is 4.68. The standard InChI is InChI=1S/C12H15BClF2NO2/c1-11(2)12(3,4)19-13(18-11)7-5-8(10(15)16)17-9(14)6-7/h5-6,10H,1-4H3/i5D,6D,10D. The fraction of sp³-hybridized carbons (Fsp3) is 0.583. The summed E-state index contributed by atoms with van der Waals surface area (Å²) in [5.41, 5.74) is -2.91. The van der Waals surface area contributed by atoms with Gasteiger partial charge < -0.3 is 9.31 Å². The van der Waals surface area contributed by atoms with Gasteiger partial charge in [0.25, 0.3) is 6.40 Å². The Balaban J connectivity index is 2.60. The first-order chi connectivity index (χ1) is 9.78. The molecule has 2 rings (SSSR count). The number of halogens is 3. The number of pyridine rings is 1. The molecule has 0 N–H and O–H groups in total. The van der Waals surface area contributed by atoms with Crippen molar-refractivity contribution in [2.45, 2.75) is 45.3 Å². The SMILES string of the molecule is [2H]c1c(Cl)nc(C([2H])(F)F)c([2H])c1B1OC(C)(C)C(C)(C)O1. The van der Waals surface area contributed by atoms with Crippen LogP contribution in [0, 0.1) is 0 Å². The van der Waals surface area contributed by atoms with Gasteiger partial charge in [0.1, 0.15) is 12.2 Å². The zero-order valence-electron chi connectivity index (χ0n) is 14.0. The topological polar surface area (TPSA) is 31.4 Å². The highest BCUT2D eigenvalue weighted by molar-refractivity contribution is 6.62. The average Bonchev–Trinajstić information content (AvgIpc) is 2.51. The summed E-state index contributed by atoms with van der Waals surface area (Å²) in [5, 5.41) is -0.525. The molecule has 1 aromatic rings. The summed E-state index contributed by atoms with van der Waals surface area (Å²) >= 11 is 5.71. The highest BCUT2D eigenvalue weighted by atomic mass is 35.5. The van der Waals surface area contributed by atoms with Crippen molar-refractivity contribution in [2.24, 2.45) is 0 Å². The van der Waals surface area contributed by atoms with Crippen LogP contribution >= 0.6 is 11.6 Å². The maximum Gasteiger partial charge on any atom is 0.495 e. The molecule has 1 aromatic heterocycles. The number of alkyl halides is 2. The van der Waals surface area contributed by atoms with Crippen LogP contribution in [-0.2, 0) is 9.31 Å². The lowest BCUT2D eigenvalue weighted by Crippen LogP contribution is -2.41. The molecule has 0 aromatic carbocycles. The average molecular weight is 293 g/mol. The van der Waals surface area contributed by atoms with Crippen molar-refractivity contribution in [2.75, 3.05) is 0 Å². The van der Waals surface area contributed by atoms with Crippen molar-refractivity contribution in [3.05, 3.63) is 22.9 Å². The molecule has 0 bridgehead atoms. The van der Waals surface area contributed by atoms with Gasteiger partial charge in [-0.2, -0.15) is 0 Å². The van der Waals surface area contributed by atoms with Crippen LogP contribution in [0.3, 0.4) is 0 Å². The van der Waals surface area contributed by atoms with Gasteiger partial charge >= 0.3 is 7.12 Å². The van der Waals surface area contributed by atoms with Crippen molar-refractivity contribution < 1.29 is 22.2 Å². The van der Waals surface area contributed by atoms with E-state index in [1.165, 1.54) is 0 Å². The Morgan fingerprint density at radius 1 is 1.32 bits per heavy atom. The first-order valence-electron chi connectivity index (χ1n) is 7.18. The van der Waals surface area contributed by atoms with Gasteiger partial charge in [-0.15, -0.1) is 0 Å². The third kappa shape index (κ3) is 2.76. The molecule has 104 valence electrons. The van der Waals surface area contributed by atoms with E-state index in [0.717, 1.165) is 0 Å². The van der Waals surface area contributed by atoms with E-state index >= 15 is 0 Å². The van der Waals surface area contributed by atoms with Gasteiger partial charge in [0.2, 0.25) is 0 Å². The van der Waals surface area contributed by atoms with Gasteiger partial charge in [-0.1, -0.05) is 11.6 Å². The normalized spacial score (nSPS) is 23.9. The Labute approximate surface area is 120 Å². The second-order valence-corrected chi connectivity index (χ2v) is 5.62. The predicted octanol–water partition coefficient (Wildman–Crippen LogP) is 2.97. The molecule has 1 aliphatic heterocycles. The summed E-state index contributed by atoms with van der Waals surface area (Å²) in [4.78, 5) is 3.29. The summed E-state index contributed by atoms with van der Waals surface area (Å²) in [7, 11) is -1.20. The van der Waals surface area contributed by atoms with Crippen LogP contribution in [0.4, 0.5) is 8.78 Å². The zero-order valence-corrected chi connectivity index (χ0v) is 11.7. The number of hydrogen-bond acceptors (Lipinski definition) is 3. The van der Waals surface area contributed by atoms with E-state index in [9.17, 15) is 8.78 Å². The van der Waals surface area contributed by atoms with Crippen LogP contribution in [-0.4, -0.2) is 23.3 Å². The van der Waals surface area contributed by atoms with Gasteiger partial charge in [0.15, 0.2) is 0 Å². The Kier molecular flexibility index (Phi) is 2.71. The third-order valence-electron chi connectivity index (χ3n) is 3.37. The fourth-order valence-corrected chi connectivity index (χ4v) is 1.78. The van der Waals surface area contributed by atoms with E-state index in [0.29, 0.717) is 0 Å². The molecule has 7 heteroatoms. The largest absolute Gasteiger partial charge is 0.495 e. The zero-order chi connectivity index (χ0) is 17.1. The summed E-state index contributed by atoms with van der Waals surface area (Å²) in [6.07, 6.45) is -4.10. The summed E-state index contributed by atoms with van der Waals surface area (Å²) in [5.74, 6) is 0. The Hall–Kier alpha value is -0.715. The molecule has 2 heterocycles. The first-order valence-corrected chi connectivity index (χ1v) is 6.06. The van der Waals surface area contributed by atoms with Crippen molar-refractivity contribution in [1.29, 1.82) is 0 Å². The molecular weight excluding hydrogens is 274 g/mol. The Morgan fingerprint density at radius 3 is 2.32 bits per heavy atom.